The molecule has 0 aliphatic heterocycles. The lowest BCUT2D eigenvalue weighted by atomic mass is 10.2. The average molecular weight is 351 g/mol. The fraction of sp³-hybridized carbons (Fsp3) is 0.400. The van der Waals surface area contributed by atoms with E-state index < -0.39 is 34.5 Å². The van der Waals surface area contributed by atoms with Gasteiger partial charge >= 0.3 is 5.97 Å². The maximum absolute atomic E-state index is 12.1. The van der Waals surface area contributed by atoms with Crippen molar-refractivity contribution in [3.8, 4) is 6.07 Å². The van der Waals surface area contributed by atoms with Crippen molar-refractivity contribution in [3.63, 3.8) is 0 Å². The normalized spacial score (nSPS) is 15.2. The number of rotatable bonds is 7. The first-order chi connectivity index (χ1) is 11.3. The van der Waals surface area contributed by atoms with Crippen LogP contribution in [-0.4, -0.2) is 39.0 Å². The Morgan fingerprint density at radius 3 is 2.67 bits per heavy atom. The number of ether oxygens (including phenoxy) is 1. The zero-order valence-electron chi connectivity index (χ0n) is 13.0. The van der Waals surface area contributed by atoms with Gasteiger partial charge in [0.1, 0.15) is 12.6 Å². The lowest BCUT2D eigenvalue weighted by molar-refractivity contribution is -0.153. The highest BCUT2D eigenvalue weighted by Crippen LogP contribution is 2.18. The number of amides is 1. The van der Waals surface area contributed by atoms with Crippen LogP contribution in [-0.2, 0) is 24.3 Å². The monoisotopic (exact) mass is 351 g/mol. The van der Waals surface area contributed by atoms with E-state index >= 15 is 0 Å². The summed E-state index contributed by atoms with van der Waals surface area (Å²) >= 11 is 0. The highest BCUT2D eigenvalue weighted by molar-refractivity contribution is 7.89. The number of nitrogens with zero attached hydrogens (tertiary/aromatic N) is 1. The molecule has 1 saturated carbocycles. The van der Waals surface area contributed by atoms with Gasteiger partial charge < -0.3 is 10.1 Å². The molecule has 0 bridgehead atoms. The molecule has 0 radical (unpaired) electrons. The highest BCUT2D eigenvalue weighted by Gasteiger charge is 2.27. The third-order valence-corrected chi connectivity index (χ3v) is 4.76. The van der Waals surface area contributed by atoms with E-state index in [1.54, 1.807) is 6.07 Å². The largest absolute Gasteiger partial charge is 0.452 e. The van der Waals surface area contributed by atoms with Gasteiger partial charge in [0.05, 0.1) is 10.5 Å². The number of nitriles is 1. The van der Waals surface area contributed by atoms with E-state index in [-0.39, 0.29) is 16.5 Å². The van der Waals surface area contributed by atoms with Crippen LogP contribution in [0.25, 0.3) is 0 Å². The van der Waals surface area contributed by atoms with Gasteiger partial charge in [0.15, 0.2) is 6.10 Å². The fourth-order valence-corrected chi connectivity index (χ4v) is 2.99. The summed E-state index contributed by atoms with van der Waals surface area (Å²) < 4.78 is 31.2. The molecule has 2 N–H and O–H groups in total. The minimum Gasteiger partial charge on any atom is -0.452 e. The molecule has 2 rings (SSSR count). The minimum absolute atomic E-state index is 0.0319. The molecule has 1 atom stereocenters. The SMILES string of the molecule is C[C@@H](OC(=O)CNS(=O)(=O)c1ccccc1C#N)C(=O)NC1CC1. The van der Waals surface area contributed by atoms with Crippen molar-refractivity contribution in [1.29, 1.82) is 5.26 Å². The van der Waals surface area contributed by atoms with Crippen molar-refractivity contribution < 1.29 is 22.7 Å². The Kier molecular flexibility index (Phi) is 5.54. The molecule has 0 unspecified atom stereocenters. The van der Waals surface area contributed by atoms with Gasteiger partial charge in [0, 0.05) is 6.04 Å². The van der Waals surface area contributed by atoms with E-state index in [9.17, 15) is 18.0 Å². The van der Waals surface area contributed by atoms with Crippen LogP contribution >= 0.6 is 0 Å². The first-order valence-corrected chi connectivity index (χ1v) is 8.80. The highest BCUT2D eigenvalue weighted by atomic mass is 32.2. The van der Waals surface area contributed by atoms with E-state index in [0.29, 0.717) is 0 Å². The molecule has 1 fully saturated rings. The molecule has 1 aromatic carbocycles. The molecule has 0 spiro atoms. The molecule has 0 saturated heterocycles. The summed E-state index contributed by atoms with van der Waals surface area (Å²) in [5.74, 6) is -1.30. The van der Waals surface area contributed by atoms with Crippen molar-refractivity contribution in [3.05, 3.63) is 29.8 Å². The van der Waals surface area contributed by atoms with Crippen LogP contribution in [0.2, 0.25) is 0 Å². The first-order valence-electron chi connectivity index (χ1n) is 7.32. The van der Waals surface area contributed by atoms with Crippen molar-refractivity contribution in [2.45, 2.75) is 36.8 Å². The second kappa shape index (κ2) is 7.42. The second-order valence-electron chi connectivity index (χ2n) is 5.35. The molecule has 24 heavy (non-hydrogen) atoms. The first kappa shape index (κ1) is 17.9. The second-order valence-corrected chi connectivity index (χ2v) is 7.08. The summed E-state index contributed by atoms with van der Waals surface area (Å²) in [7, 11) is -4.04. The molecular formula is C15H17N3O5S. The number of hydrogen-bond donors (Lipinski definition) is 2. The molecule has 1 aliphatic carbocycles. The van der Waals surface area contributed by atoms with Crippen molar-refractivity contribution in [2.24, 2.45) is 0 Å². The smallest absolute Gasteiger partial charge is 0.321 e. The standard InChI is InChI=1S/C15H17N3O5S/c1-10(15(20)18-12-6-7-12)23-14(19)9-17-24(21,22)13-5-3-2-4-11(13)8-16/h2-5,10,12,17H,6-7,9H2,1H3,(H,18,20)/t10-/m1/s1. The van der Waals surface area contributed by atoms with Gasteiger partial charge in [-0.1, -0.05) is 12.1 Å². The summed E-state index contributed by atoms with van der Waals surface area (Å²) in [5, 5.41) is 11.6. The maximum atomic E-state index is 12.1. The summed E-state index contributed by atoms with van der Waals surface area (Å²) in [5.41, 5.74) is -0.0319. The Bertz CT molecular complexity index is 781. The van der Waals surface area contributed by atoms with Gasteiger partial charge in [-0.2, -0.15) is 9.98 Å². The maximum Gasteiger partial charge on any atom is 0.321 e. The molecule has 8 nitrogen and oxygen atoms in total. The Balaban J connectivity index is 1.90. The number of benzene rings is 1. The number of carbonyl (C=O) groups is 2. The molecule has 0 heterocycles. The molecule has 1 amide bonds. The van der Waals surface area contributed by atoms with Gasteiger partial charge in [-0.05, 0) is 31.9 Å². The topological polar surface area (TPSA) is 125 Å². The fourth-order valence-electron chi connectivity index (χ4n) is 1.86. The zero-order chi connectivity index (χ0) is 17.7. The molecule has 0 aromatic heterocycles. The van der Waals surface area contributed by atoms with Crippen molar-refractivity contribution >= 4 is 21.9 Å². The number of carbonyl (C=O) groups excluding carboxylic acids is 2. The van der Waals surface area contributed by atoms with Crippen LogP contribution in [0.3, 0.4) is 0 Å². The lowest BCUT2D eigenvalue weighted by Gasteiger charge is -2.13. The summed E-state index contributed by atoms with van der Waals surface area (Å²) in [6.45, 7) is 0.776. The number of nitrogens with one attached hydrogen (secondary N) is 2. The van der Waals surface area contributed by atoms with Crippen molar-refractivity contribution in [1.82, 2.24) is 10.0 Å². The Hall–Kier alpha value is -2.44. The van der Waals surface area contributed by atoms with Crippen LogP contribution < -0.4 is 10.0 Å². The Labute approximate surface area is 139 Å². The number of hydrogen-bond acceptors (Lipinski definition) is 6. The zero-order valence-corrected chi connectivity index (χ0v) is 13.8. The predicted octanol–water partition coefficient (Wildman–Crippen LogP) is 0.0469. The van der Waals surface area contributed by atoms with Crippen LogP contribution in [0.4, 0.5) is 0 Å². The Morgan fingerprint density at radius 1 is 1.38 bits per heavy atom. The summed E-state index contributed by atoms with van der Waals surface area (Å²) in [6, 6.07) is 7.53. The van der Waals surface area contributed by atoms with Crippen LogP contribution in [0.15, 0.2) is 29.2 Å². The van der Waals surface area contributed by atoms with E-state index in [1.807, 2.05) is 0 Å². The van der Waals surface area contributed by atoms with Crippen LogP contribution in [0.5, 0.6) is 0 Å². The van der Waals surface area contributed by atoms with Crippen LogP contribution in [0, 0.1) is 11.3 Å². The van der Waals surface area contributed by atoms with Crippen LogP contribution in [0.1, 0.15) is 25.3 Å². The van der Waals surface area contributed by atoms with Gasteiger partial charge in [0.25, 0.3) is 5.91 Å². The molecule has 128 valence electrons. The predicted molar refractivity (Wildman–Crippen MR) is 83.1 cm³/mol. The van der Waals surface area contributed by atoms with E-state index in [2.05, 4.69) is 10.0 Å². The van der Waals surface area contributed by atoms with Gasteiger partial charge in [-0.25, -0.2) is 8.42 Å². The van der Waals surface area contributed by atoms with Gasteiger partial charge in [-0.15, -0.1) is 0 Å². The lowest BCUT2D eigenvalue weighted by Crippen LogP contribution is -2.39. The number of esters is 1. The quantitative estimate of drug-likeness (QED) is 0.669. The summed E-state index contributed by atoms with van der Waals surface area (Å²) in [4.78, 5) is 23.1. The third-order valence-electron chi connectivity index (χ3n) is 3.30. The van der Waals surface area contributed by atoms with E-state index in [1.165, 1.54) is 31.2 Å². The average Bonchev–Trinajstić information content (AvgIpc) is 3.37. The van der Waals surface area contributed by atoms with Gasteiger partial charge in [-0.3, -0.25) is 9.59 Å². The number of sulfonamides is 1. The molecule has 1 aromatic rings. The van der Waals surface area contributed by atoms with Crippen molar-refractivity contribution in [2.75, 3.05) is 6.54 Å². The van der Waals surface area contributed by atoms with Gasteiger partial charge in [0.2, 0.25) is 10.0 Å². The third kappa shape index (κ3) is 4.78. The summed E-state index contributed by atoms with van der Waals surface area (Å²) in [6.07, 6.45) is 0.809. The van der Waals surface area contributed by atoms with E-state index in [4.69, 9.17) is 10.00 Å². The van der Waals surface area contributed by atoms with E-state index in [0.717, 1.165) is 12.8 Å². The molecule has 1 aliphatic rings. The molecular weight excluding hydrogens is 334 g/mol. The minimum atomic E-state index is -4.04. The molecule has 9 heteroatoms. The Morgan fingerprint density at radius 2 is 2.04 bits per heavy atom.